The number of nitrogens with zero attached hydrogens (tertiary/aromatic N) is 3. The normalized spacial score (nSPS) is 16.1. The first-order chi connectivity index (χ1) is 15.8. The summed E-state index contributed by atoms with van der Waals surface area (Å²) >= 11 is 6.16. The topological polar surface area (TPSA) is 93.5 Å². The molecule has 174 valence electrons. The summed E-state index contributed by atoms with van der Waals surface area (Å²) < 4.78 is 35.3. The number of rotatable bonds is 8. The van der Waals surface area contributed by atoms with Gasteiger partial charge in [-0.1, -0.05) is 29.8 Å². The van der Waals surface area contributed by atoms with Crippen molar-refractivity contribution in [3.05, 3.63) is 77.1 Å². The van der Waals surface area contributed by atoms with E-state index in [0.717, 1.165) is 24.1 Å². The van der Waals surface area contributed by atoms with E-state index in [9.17, 15) is 13.2 Å². The van der Waals surface area contributed by atoms with E-state index in [1.807, 2.05) is 36.5 Å². The van der Waals surface area contributed by atoms with Crippen molar-refractivity contribution in [2.45, 2.75) is 30.4 Å². The summed E-state index contributed by atoms with van der Waals surface area (Å²) in [6, 6.07) is 13.9. The Labute approximate surface area is 198 Å². The van der Waals surface area contributed by atoms with Crippen molar-refractivity contribution in [1.82, 2.24) is 19.4 Å². The largest absolute Gasteiger partial charge is 0.377 e. The van der Waals surface area contributed by atoms with E-state index in [2.05, 4.69) is 9.82 Å². The molecule has 8 nitrogen and oxygen atoms in total. The minimum atomic E-state index is -3.89. The third-order valence-electron chi connectivity index (χ3n) is 5.42. The van der Waals surface area contributed by atoms with Crippen molar-refractivity contribution >= 4 is 27.5 Å². The van der Waals surface area contributed by atoms with Crippen LogP contribution < -0.4 is 4.72 Å². The smallest absolute Gasteiger partial charge is 0.253 e. The van der Waals surface area contributed by atoms with Gasteiger partial charge in [0.25, 0.3) is 5.91 Å². The predicted octanol–water partition coefficient (Wildman–Crippen LogP) is 3.26. The number of hydrogen-bond acceptors (Lipinski definition) is 5. The molecular formula is C23H25ClN4O4S. The monoisotopic (exact) mass is 488 g/mol. The molecule has 0 bridgehead atoms. The summed E-state index contributed by atoms with van der Waals surface area (Å²) in [6.07, 6.45) is 5.12. The first-order valence-electron chi connectivity index (χ1n) is 10.6. The minimum absolute atomic E-state index is 0.0539. The standard InChI is InChI=1S/C23H25ClN4O4S/c1-27(15-17-13-25-28(16-17)19-6-3-2-4-7-19)23(29)18-9-10-21(24)22(12-18)33(30,31)26-14-20-8-5-11-32-20/h2-4,6-7,9-10,12-13,16,20,26H,5,8,11,14-15H2,1H3. The van der Waals surface area contributed by atoms with Gasteiger partial charge in [-0.2, -0.15) is 5.10 Å². The Bertz CT molecular complexity index is 1220. The maximum absolute atomic E-state index is 13.0. The highest BCUT2D eigenvalue weighted by atomic mass is 35.5. The average Bonchev–Trinajstić information content (AvgIpc) is 3.50. The SMILES string of the molecule is CN(Cc1cnn(-c2ccccc2)c1)C(=O)c1ccc(Cl)c(S(=O)(=O)NCC2CCCO2)c1. The fourth-order valence-corrected chi connectivity index (χ4v) is 5.25. The Morgan fingerprint density at radius 1 is 1.27 bits per heavy atom. The van der Waals surface area contributed by atoms with E-state index < -0.39 is 10.0 Å². The fourth-order valence-electron chi connectivity index (χ4n) is 3.66. The summed E-state index contributed by atoms with van der Waals surface area (Å²) in [5, 5.41) is 4.40. The van der Waals surface area contributed by atoms with Gasteiger partial charge < -0.3 is 9.64 Å². The van der Waals surface area contributed by atoms with Gasteiger partial charge in [0.1, 0.15) is 4.90 Å². The molecule has 1 saturated heterocycles. The van der Waals surface area contributed by atoms with Crippen LogP contribution in [0.2, 0.25) is 5.02 Å². The van der Waals surface area contributed by atoms with Crippen LogP contribution in [0.3, 0.4) is 0 Å². The second-order valence-corrected chi connectivity index (χ2v) is 10.1. The van der Waals surface area contributed by atoms with Crippen LogP contribution in [0, 0.1) is 0 Å². The van der Waals surface area contributed by atoms with E-state index in [1.165, 1.54) is 23.1 Å². The molecule has 0 radical (unpaired) electrons. The number of amides is 1. The van der Waals surface area contributed by atoms with Crippen LogP contribution in [0.25, 0.3) is 5.69 Å². The molecule has 1 aromatic heterocycles. The molecule has 10 heteroatoms. The molecule has 2 heterocycles. The second-order valence-electron chi connectivity index (χ2n) is 7.92. The van der Waals surface area contributed by atoms with Crippen molar-refractivity contribution in [3.63, 3.8) is 0 Å². The van der Waals surface area contributed by atoms with Crippen LogP contribution in [0.5, 0.6) is 0 Å². The lowest BCUT2D eigenvalue weighted by Crippen LogP contribution is -2.32. The van der Waals surface area contributed by atoms with Gasteiger partial charge >= 0.3 is 0 Å². The summed E-state index contributed by atoms with van der Waals surface area (Å²) in [6.45, 7) is 1.11. The maximum atomic E-state index is 13.0. The minimum Gasteiger partial charge on any atom is -0.377 e. The van der Waals surface area contributed by atoms with Crippen LogP contribution >= 0.6 is 11.6 Å². The maximum Gasteiger partial charge on any atom is 0.253 e. The van der Waals surface area contributed by atoms with Crippen LogP contribution in [0.1, 0.15) is 28.8 Å². The number of halogens is 1. The number of hydrogen-bond donors (Lipinski definition) is 1. The highest BCUT2D eigenvalue weighted by Crippen LogP contribution is 2.24. The number of carbonyl (C=O) groups excluding carboxylic acids is 1. The zero-order valence-electron chi connectivity index (χ0n) is 18.1. The van der Waals surface area contributed by atoms with Gasteiger partial charge in [0.2, 0.25) is 10.0 Å². The molecule has 3 aromatic rings. The molecule has 1 fully saturated rings. The lowest BCUT2D eigenvalue weighted by molar-refractivity contribution is 0.0785. The Morgan fingerprint density at radius 2 is 2.06 bits per heavy atom. The number of sulfonamides is 1. The molecule has 1 aliphatic heterocycles. The van der Waals surface area contributed by atoms with Gasteiger partial charge in [-0.15, -0.1) is 0 Å². The van der Waals surface area contributed by atoms with E-state index in [4.69, 9.17) is 16.3 Å². The van der Waals surface area contributed by atoms with Gasteiger partial charge in [0, 0.05) is 44.1 Å². The third-order valence-corrected chi connectivity index (χ3v) is 7.32. The summed E-state index contributed by atoms with van der Waals surface area (Å²) in [5.74, 6) is -0.324. The van der Waals surface area contributed by atoms with Crippen LogP contribution in [0.4, 0.5) is 0 Å². The Hall–Kier alpha value is -2.72. The predicted molar refractivity (Wildman–Crippen MR) is 125 cm³/mol. The molecule has 1 atom stereocenters. The van der Waals surface area contributed by atoms with Crippen molar-refractivity contribution in [2.75, 3.05) is 20.2 Å². The highest BCUT2D eigenvalue weighted by molar-refractivity contribution is 7.89. The molecule has 0 spiro atoms. The zero-order chi connectivity index (χ0) is 23.4. The van der Waals surface area contributed by atoms with E-state index in [0.29, 0.717) is 13.2 Å². The Kier molecular flexibility index (Phi) is 7.14. The molecule has 2 aromatic carbocycles. The molecule has 1 aliphatic rings. The fraction of sp³-hybridized carbons (Fsp3) is 0.304. The highest BCUT2D eigenvalue weighted by Gasteiger charge is 2.24. The average molecular weight is 489 g/mol. The molecule has 0 saturated carbocycles. The van der Waals surface area contributed by atoms with Crippen molar-refractivity contribution in [1.29, 1.82) is 0 Å². The van der Waals surface area contributed by atoms with Gasteiger partial charge in [0.15, 0.2) is 0 Å². The van der Waals surface area contributed by atoms with Crippen molar-refractivity contribution < 1.29 is 17.9 Å². The van der Waals surface area contributed by atoms with Crippen LogP contribution in [-0.4, -0.2) is 55.3 Å². The van der Waals surface area contributed by atoms with Gasteiger partial charge in [0.05, 0.1) is 23.0 Å². The van der Waals surface area contributed by atoms with Crippen molar-refractivity contribution in [2.24, 2.45) is 0 Å². The Morgan fingerprint density at radius 3 is 2.79 bits per heavy atom. The molecule has 4 rings (SSSR count). The second kappa shape index (κ2) is 10.0. The summed E-state index contributed by atoms with van der Waals surface area (Å²) in [7, 11) is -2.24. The first-order valence-corrected chi connectivity index (χ1v) is 12.4. The number of para-hydroxylation sites is 1. The number of ether oxygens (including phenoxy) is 1. The van der Waals surface area contributed by atoms with E-state index in [-0.39, 0.29) is 34.0 Å². The number of aromatic nitrogens is 2. The molecular weight excluding hydrogens is 464 g/mol. The molecule has 1 N–H and O–H groups in total. The molecule has 1 amide bonds. The van der Waals surface area contributed by atoms with Crippen LogP contribution in [0.15, 0.2) is 65.8 Å². The first kappa shape index (κ1) is 23.4. The van der Waals surface area contributed by atoms with Gasteiger partial charge in [-0.3, -0.25) is 4.79 Å². The molecule has 1 unspecified atom stereocenters. The third kappa shape index (κ3) is 5.62. The van der Waals surface area contributed by atoms with E-state index in [1.54, 1.807) is 17.9 Å². The van der Waals surface area contributed by atoms with E-state index >= 15 is 0 Å². The molecule has 33 heavy (non-hydrogen) atoms. The van der Waals surface area contributed by atoms with Gasteiger partial charge in [-0.05, 0) is 43.2 Å². The number of nitrogens with one attached hydrogen (secondary N) is 1. The quantitative estimate of drug-likeness (QED) is 0.525. The van der Waals surface area contributed by atoms with Crippen LogP contribution in [-0.2, 0) is 21.3 Å². The zero-order valence-corrected chi connectivity index (χ0v) is 19.7. The van der Waals surface area contributed by atoms with Crippen molar-refractivity contribution in [3.8, 4) is 5.69 Å². The molecule has 0 aliphatic carbocycles. The summed E-state index contributed by atoms with van der Waals surface area (Å²) in [4.78, 5) is 14.4. The lowest BCUT2D eigenvalue weighted by Gasteiger charge is -2.17. The summed E-state index contributed by atoms with van der Waals surface area (Å²) in [5.41, 5.74) is 1.99. The number of carbonyl (C=O) groups is 1. The van der Waals surface area contributed by atoms with Gasteiger partial charge in [-0.25, -0.2) is 17.8 Å². The lowest BCUT2D eigenvalue weighted by atomic mass is 10.2. The Balaban J connectivity index is 1.46. The number of benzene rings is 2.